The minimum atomic E-state index is -5.11. The molecule has 1 aromatic rings. The lowest BCUT2D eigenvalue weighted by molar-refractivity contribution is -0.186. The summed E-state index contributed by atoms with van der Waals surface area (Å²) in [4.78, 5) is 11.4. The van der Waals surface area contributed by atoms with E-state index in [1.165, 1.54) is 0 Å². The molecule has 0 saturated carbocycles. The van der Waals surface area contributed by atoms with Crippen LogP contribution in [-0.4, -0.2) is 23.5 Å². The van der Waals surface area contributed by atoms with Crippen molar-refractivity contribution in [1.29, 1.82) is 0 Å². The van der Waals surface area contributed by atoms with Crippen LogP contribution in [0.25, 0.3) is 0 Å². The van der Waals surface area contributed by atoms with Gasteiger partial charge in [0.25, 0.3) is 0 Å². The number of nitrogens with zero attached hydrogens (tertiary/aromatic N) is 1. The van der Waals surface area contributed by atoms with Crippen molar-refractivity contribution in [2.45, 2.75) is 25.3 Å². The van der Waals surface area contributed by atoms with E-state index in [2.05, 4.69) is 0 Å². The Morgan fingerprint density at radius 1 is 1.10 bits per heavy atom. The van der Waals surface area contributed by atoms with Gasteiger partial charge in [0.15, 0.2) is 0 Å². The summed E-state index contributed by atoms with van der Waals surface area (Å²) in [5.74, 6) is -3.35. The van der Waals surface area contributed by atoms with Crippen LogP contribution >= 0.6 is 0 Å². The van der Waals surface area contributed by atoms with E-state index in [9.17, 15) is 35.5 Å². The lowest BCUT2D eigenvalue weighted by Crippen LogP contribution is -2.44. The molecular formula is C12H8F7NO. The first-order chi connectivity index (χ1) is 9.50. The summed E-state index contributed by atoms with van der Waals surface area (Å²) in [7, 11) is 0. The van der Waals surface area contributed by atoms with Crippen molar-refractivity contribution >= 4 is 5.91 Å². The fourth-order valence-corrected chi connectivity index (χ4v) is 2.27. The highest BCUT2D eigenvalue weighted by Crippen LogP contribution is 2.36. The maximum absolute atomic E-state index is 13.2. The Morgan fingerprint density at radius 2 is 1.71 bits per heavy atom. The second kappa shape index (κ2) is 4.88. The Morgan fingerprint density at radius 3 is 2.24 bits per heavy atom. The van der Waals surface area contributed by atoms with Crippen molar-refractivity contribution in [3.8, 4) is 0 Å². The largest absolute Gasteiger partial charge is 0.471 e. The van der Waals surface area contributed by atoms with E-state index in [0.717, 1.165) is 6.07 Å². The summed E-state index contributed by atoms with van der Waals surface area (Å²) in [6.45, 7) is -1.20. The molecule has 0 bridgehead atoms. The second-order valence-corrected chi connectivity index (χ2v) is 4.56. The minimum absolute atomic E-state index is 0.258. The molecule has 0 aromatic heterocycles. The molecule has 1 heterocycles. The number of hydrogen-bond acceptors (Lipinski definition) is 1. The van der Waals surface area contributed by atoms with Crippen molar-refractivity contribution in [3.05, 3.63) is 34.6 Å². The van der Waals surface area contributed by atoms with Gasteiger partial charge in [0.1, 0.15) is 5.82 Å². The first-order valence-corrected chi connectivity index (χ1v) is 5.74. The molecule has 1 aromatic carbocycles. The van der Waals surface area contributed by atoms with Gasteiger partial charge in [0.2, 0.25) is 0 Å². The molecule has 1 amide bonds. The quantitative estimate of drug-likeness (QED) is 0.673. The normalized spacial score (nSPS) is 15.9. The molecule has 0 unspecified atom stereocenters. The highest BCUT2D eigenvalue weighted by molar-refractivity contribution is 5.82. The van der Waals surface area contributed by atoms with E-state index in [4.69, 9.17) is 0 Å². The lowest BCUT2D eigenvalue weighted by Gasteiger charge is -2.31. The molecule has 1 aliphatic heterocycles. The van der Waals surface area contributed by atoms with Gasteiger partial charge in [0, 0.05) is 13.1 Å². The second-order valence-electron chi connectivity index (χ2n) is 4.56. The molecule has 0 N–H and O–H groups in total. The summed E-state index contributed by atoms with van der Waals surface area (Å²) >= 11 is 0. The number of rotatable bonds is 0. The average molecular weight is 315 g/mol. The van der Waals surface area contributed by atoms with Crippen LogP contribution in [0.3, 0.4) is 0 Å². The highest BCUT2D eigenvalue weighted by Gasteiger charge is 2.44. The molecule has 116 valence electrons. The molecule has 0 aliphatic carbocycles. The van der Waals surface area contributed by atoms with E-state index in [1.54, 1.807) is 0 Å². The average Bonchev–Trinajstić information content (AvgIpc) is 2.33. The predicted molar refractivity (Wildman–Crippen MR) is 56.6 cm³/mol. The molecule has 0 fully saturated rings. The van der Waals surface area contributed by atoms with E-state index in [0.29, 0.717) is 11.0 Å². The molecule has 0 saturated heterocycles. The number of halogens is 7. The fourth-order valence-electron chi connectivity index (χ4n) is 2.27. The fraction of sp³-hybridized carbons (Fsp3) is 0.417. The minimum Gasteiger partial charge on any atom is -0.330 e. The molecule has 2 rings (SSSR count). The molecular weight excluding hydrogens is 307 g/mol. The van der Waals surface area contributed by atoms with Crippen molar-refractivity contribution in [2.24, 2.45) is 0 Å². The van der Waals surface area contributed by atoms with Gasteiger partial charge in [-0.1, -0.05) is 0 Å². The third-order valence-electron chi connectivity index (χ3n) is 3.14. The summed E-state index contributed by atoms with van der Waals surface area (Å²) in [5.41, 5.74) is -1.74. The molecule has 0 spiro atoms. The van der Waals surface area contributed by atoms with Crippen LogP contribution in [-0.2, 0) is 23.9 Å². The molecule has 21 heavy (non-hydrogen) atoms. The predicted octanol–water partition coefficient (Wildman–Crippen LogP) is 3.29. The molecule has 1 aliphatic rings. The van der Waals surface area contributed by atoms with Gasteiger partial charge in [0.05, 0.1) is 5.56 Å². The van der Waals surface area contributed by atoms with Crippen molar-refractivity contribution < 1.29 is 35.5 Å². The molecule has 9 heteroatoms. The summed E-state index contributed by atoms with van der Waals surface area (Å²) in [6.07, 6.45) is -10.3. The van der Waals surface area contributed by atoms with Gasteiger partial charge in [-0.05, 0) is 29.7 Å². The summed E-state index contributed by atoms with van der Waals surface area (Å²) in [5, 5.41) is 0. The smallest absolute Gasteiger partial charge is 0.330 e. The number of carbonyl (C=O) groups excluding carboxylic acids is 1. The number of benzene rings is 1. The summed E-state index contributed by atoms with van der Waals surface area (Å²) < 4.78 is 88.5. The van der Waals surface area contributed by atoms with Crippen molar-refractivity contribution in [1.82, 2.24) is 4.90 Å². The Kier molecular flexibility index (Phi) is 3.63. The van der Waals surface area contributed by atoms with Crippen LogP contribution in [0.4, 0.5) is 30.7 Å². The monoisotopic (exact) mass is 315 g/mol. The first kappa shape index (κ1) is 15.6. The molecule has 0 atom stereocenters. The van der Waals surface area contributed by atoms with E-state index < -0.39 is 49.2 Å². The SMILES string of the molecule is O=C(N1CCc2c(cc(F)cc2C(F)(F)F)C1)C(F)(F)F. The maximum Gasteiger partial charge on any atom is 0.471 e. The number of hydrogen-bond donors (Lipinski definition) is 0. The standard InChI is InChI=1S/C12H8F7NO/c13-7-3-6-5-20(10(21)12(17,18)19)2-1-8(6)9(4-7)11(14,15)16/h3-4H,1-2,5H2. The zero-order valence-corrected chi connectivity index (χ0v) is 10.3. The lowest BCUT2D eigenvalue weighted by atomic mass is 9.94. The van der Waals surface area contributed by atoms with Crippen molar-refractivity contribution in [3.63, 3.8) is 0 Å². The third kappa shape index (κ3) is 3.11. The third-order valence-corrected chi connectivity index (χ3v) is 3.14. The highest BCUT2D eigenvalue weighted by atomic mass is 19.4. The first-order valence-electron chi connectivity index (χ1n) is 5.74. The van der Waals surface area contributed by atoms with Gasteiger partial charge in [-0.3, -0.25) is 4.79 Å². The van der Waals surface area contributed by atoms with E-state index in [1.807, 2.05) is 0 Å². The van der Waals surface area contributed by atoms with Gasteiger partial charge >= 0.3 is 18.3 Å². The number of carbonyl (C=O) groups is 1. The van der Waals surface area contributed by atoms with E-state index >= 15 is 0 Å². The van der Waals surface area contributed by atoms with Crippen LogP contribution in [0, 0.1) is 5.82 Å². The number of alkyl halides is 6. The Labute approximate surface area is 114 Å². The van der Waals surface area contributed by atoms with Gasteiger partial charge in [-0.25, -0.2) is 4.39 Å². The van der Waals surface area contributed by atoms with Gasteiger partial charge in [-0.15, -0.1) is 0 Å². The van der Waals surface area contributed by atoms with Crippen LogP contribution in [0.2, 0.25) is 0 Å². The van der Waals surface area contributed by atoms with Gasteiger partial charge in [-0.2, -0.15) is 26.3 Å². The van der Waals surface area contributed by atoms with Crippen molar-refractivity contribution in [2.75, 3.05) is 6.54 Å². The van der Waals surface area contributed by atoms with E-state index in [-0.39, 0.29) is 11.1 Å². The number of amides is 1. The molecule has 2 nitrogen and oxygen atoms in total. The molecule has 0 radical (unpaired) electrons. The Balaban J connectivity index is 2.39. The van der Waals surface area contributed by atoms with Crippen LogP contribution < -0.4 is 0 Å². The maximum atomic E-state index is 13.2. The van der Waals surface area contributed by atoms with Gasteiger partial charge < -0.3 is 4.90 Å². The zero-order valence-electron chi connectivity index (χ0n) is 10.3. The topological polar surface area (TPSA) is 20.3 Å². The Hall–Kier alpha value is -1.80. The summed E-state index contributed by atoms with van der Waals surface area (Å²) in [6, 6.07) is 1.03. The Bertz CT molecular complexity index is 576. The number of fused-ring (bicyclic) bond motifs is 1. The van der Waals surface area contributed by atoms with Crippen LogP contribution in [0.1, 0.15) is 16.7 Å². The van der Waals surface area contributed by atoms with Crippen LogP contribution in [0.5, 0.6) is 0 Å². The van der Waals surface area contributed by atoms with Crippen LogP contribution in [0.15, 0.2) is 12.1 Å². The zero-order chi connectivity index (χ0) is 16.0.